The molecule has 2 aliphatic rings. The van der Waals surface area contributed by atoms with Gasteiger partial charge < -0.3 is 10.2 Å². The maximum Gasteiger partial charge on any atom is 0.133 e. The molecule has 1 aromatic heterocycles. The van der Waals surface area contributed by atoms with Gasteiger partial charge in [0.1, 0.15) is 5.82 Å². The summed E-state index contributed by atoms with van der Waals surface area (Å²) in [6.45, 7) is 8.91. The summed E-state index contributed by atoms with van der Waals surface area (Å²) in [7, 11) is 0. The highest BCUT2D eigenvalue weighted by atomic mass is 35.5. The number of hydrogen-bond donors (Lipinski definition) is 1. The van der Waals surface area contributed by atoms with Gasteiger partial charge in [0.25, 0.3) is 0 Å². The Labute approximate surface area is 157 Å². The molecule has 1 aromatic carbocycles. The summed E-state index contributed by atoms with van der Waals surface area (Å²) in [4.78, 5) is 10.1. The van der Waals surface area contributed by atoms with E-state index in [1.807, 2.05) is 0 Å². The third-order valence-electron chi connectivity index (χ3n) is 5.28. The fourth-order valence-corrected chi connectivity index (χ4v) is 4.04. The number of fused-ring (bicyclic) bond motifs is 1. The van der Waals surface area contributed by atoms with E-state index in [-0.39, 0.29) is 12.4 Å². The molecule has 3 heterocycles. The molecule has 0 amide bonds. The predicted octanol–water partition coefficient (Wildman–Crippen LogP) is 3.44. The first-order valence-electron chi connectivity index (χ1n) is 9.39. The summed E-state index contributed by atoms with van der Waals surface area (Å²) in [5, 5.41) is 4.80. The number of benzene rings is 1. The molecular formula is C20H29ClN4. The first-order valence-corrected chi connectivity index (χ1v) is 9.39. The van der Waals surface area contributed by atoms with E-state index in [1.54, 1.807) is 0 Å². The van der Waals surface area contributed by atoms with Crippen LogP contribution in [0.15, 0.2) is 30.3 Å². The van der Waals surface area contributed by atoms with Crippen LogP contribution in [0.1, 0.15) is 31.7 Å². The molecule has 5 heteroatoms. The second-order valence-electron chi connectivity index (χ2n) is 7.30. The Morgan fingerprint density at radius 2 is 1.92 bits per heavy atom. The van der Waals surface area contributed by atoms with Crippen molar-refractivity contribution in [2.24, 2.45) is 0 Å². The van der Waals surface area contributed by atoms with Gasteiger partial charge in [0.15, 0.2) is 0 Å². The Balaban J connectivity index is 0.00000182. The number of pyridine rings is 1. The number of hydrogen-bond acceptors (Lipinski definition) is 4. The molecular weight excluding hydrogens is 332 g/mol. The standard InChI is InChI=1S/C20H28N4.ClH/c1-16-14-23(12-9-21-16)15-18-13-17-7-3-4-8-19(17)22-20(18)24-10-5-2-6-11-24;/h3-4,7-8,13,16,21H,2,5-6,9-12,14-15H2,1H3;1H/t16-;/m1./s1. The van der Waals surface area contributed by atoms with E-state index in [0.717, 1.165) is 44.8 Å². The number of nitrogens with zero attached hydrogens (tertiary/aromatic N) is 3. The van der Waals surface area contributed by atoms with E-state index < -0.39 is 0 Å². The maximum absolute atomic E-state index is 5.07. The van der Waals surface area contributed by atoms with Gasteiger partial charge in [-0.25, -0.2) is 4.98 Å². The van der Waals surface area contributed by atoms with Crippen LogP contribution in [0.4, 0.5) is 5.82 Å². The van der Waals surface area contributed by atoms with Crippen molar-refractivity contribution < 1.29 is 0 Å². The number of aromatic nitrogens is 1. The highest BCUT2D eigenvalue weighted by Gasteiger charge is 2.21. The molecule has 2 aliphatic heterocycles. The van der Waals surface area contributed by atoms with Crippen LogP contribution in [0, 0.1) is 0 Å². The molecule has 0 aliphatic carbocycles. The number of halogens is 1. The lowest BCUT2D eigenvalue weighted by Crippen LogP contribution is -2.48. The third-order valence-corrected chi connectivity index (χ3v) is 5.28. The SMILES string of the molecule is C[C@@H]1CN(Cc2cc3ccccc3nc2N2CCCCC2)CCN1.Cl. The van der Waals surface area contributed by atoms with Crippen LogP contribution >= 0.6 is 12.4 Å². The number of rotatable bonds is 3. The molecule has 1 atom stereocenters. The Kier molecular flexibility index (Phi) is 6.15. The zero-order chi connectivity index (χ0) is 16.4. The molecule has 1 N–H and O–H groups in total. The molecule has 0 unspecified atom stereocenters. The predicted molar refractivity (Wildman–Crippen MR) is 108 cm³/mol. The largest absolute Gasteiger partial charge is 0.356 e. The highest BCUT2D eigenvalue weighted by Crippen LogP contribution is 2.27. The summed E-state index contributed by atoms with van der Waals surface area (Å²) in [5.41, 5.74) is 2.51. The lowest BCUT2D eigenvalue weighted by atomic mass is 10.1. The van der Waals surface area contributed by atoms with Gasteiger partial charge in [0.2, 0.25) is 0 Å². The Bertz CT molecular complexity index is 699. The number of piperazine rings is 1. The van der Waals surface area contributed by atoms with Crippen molar-refractivity contribution >= 4 is 29.1 Å². The van der Waals surface area contributed by atoms with Crippen molar-refractivity contribution in [1.29, 1.82) is 0 Å². The minimum atomic E-state index is 0. The van der Waals surface area contributed by atoms with Crippen LogP contribution in [-0.4, -0.2) is 48.6 Å². The van der Waals surface area contributed by atoms with Crippen molar-refractivity contribution in [3.05, 3.63) is 35.9 Å². The highest BCUT2D eigenvalue weighted by molar-refractivity contribution is 5.85. The van der Waals surface area contributed by atoms with Crippen molar-refractivity contribution in [2.75, 3.05) is 37.6 Å². The zero-order valence-corrected chi connectivity index (χ0v) is 15.9. The van der Waals surface area contributed by atoms with E-state index >= 15 is 0 Å². The van der Waals surface area contributed by atoms with Crippen molar-refractivity contribution in [1.82, 2.24) is 15.2 Å². The molecule has 4 rings (SSSR count). The van der Waals surface area contributed by atoms with E-state index in [1.165, 1.54) is 36.0 Å². The number of para-hydroxylation sites is 1. The summed E-state index contributed by atoms with van der Waals surface area (Å²) >= 11 is 0. The summed E-state index contributed by atoms with van der Waals surface area (Å²) in [5.74, 6) is 1.22. The lowest BCUT2D eigenvalue weighted by molar-refractivity contribution is 0.199. The maximum atomic E-state index is 5.07. The van der Waals surface area contributed by atoms with Crippen LogP contribution in [0.2, 0.25) is 0 Å². The Hall–Kier alpha value is -1.36. The summed E-state index contributed by atoms with van der Waals surface area (Å²) in [6, 6.07) is 11.5. The van der Waals surface area contributed by atoms with Crippen LogP contribution in [-0.2, 0) is 6.54 Å². The smallest absolute Gasteiger partial charge is 0.133 e. The van der Waals surface area contributed by atoms with Gasteiger partial charge in [-0.15, -0.1) is 12.4 Å². The number of piperidine rings is 1. The van der Waals surface area contributed by atoms with E-state index in [9.17, 15) is 0 Å². The third kappa shape index (κ3) is 4.25. The van der Waals surface area contributed by atoms with Gasteiger partial charge in [-0.2, -0.15) is 0 Å². The average molecular weight is 361 g/mol. The van der Waals surface area contributed by atoms with Gasteiger partial charge in [-0.3, -0.25) is 4.90 Å². The van der Waals surface area contributed by atoms with E-state index in [4.69, 9.17) is 4.98 Å². The first-order chi connectivity index (χ1) is 11.8. The minimum absolute atomic E-state index is 0. The molecule has 25 heavy (non-hydrogen) atoms. The van der Waals surface area contributed by atoms with Gasteiger partial charge in [-0.05, 0) is 38.3 Å². The van der Waals surface area contributed by atoms with Crippen LogP contribution < -0.4 is 10.2 Å². The van der Waals surface area contributed by atoms with Crippen LogP contribution in [0.3, 0.4) is 0 Å². The van der Waals surface area contributed by atoms with Gasteiger partial charge in [0.05, 0.1) is 5.52 Å². The average Bonchev–Trinajstić information content (AvgIpc) is 2.62. The molecule has 0 bridgehead atoms. The van der Waals surface area contributed by atoms with Crippen molar-refractivity contribution in [2.45, 2.75) is 38.8 Å². The van der Waals surface area contributed by atoms with Crippen molar-refractivity contribution in [3.63, 3.8) is 0 Å². The van der Waals surface area contributed by atoms with Crippen molar-refractivity contribution in [3.8, 4) is 0 Å². The molecule has 2 saturated heterocycles. The fourth-order valence-electron chi connectivity index (χ4n) is 4.04. The van der Waals surface area contributed by atoms with Gasteiger partial charge in [0, 0.05) is 56.3 Å². The summed E-state index contributed by atoms with van der Waals surface area (Å²) in [6.07, 6.45) is 3.94. The van der Waals surface area contributed by atoms with E-state index in [0.29, 0.717) is 6.04 Å². The molecule has 2 aromatic rings. The molecule has 0 spiro atoms. The Morgan fingerprint density at radius 1 is 1.12 bits per heavy atom. The topological polar surface area (TPSA) is 31.4 Å². The number of nitrogens with one attached hydrogen (secondary N) is 1. The van der Waals surface area contributed by atoms with Crippen LogP contribution in [0.25, 0.3) is 10.9 Å². The first kappa shape index (κ1) is 18.4. The van der Waals surface area contributed by atoms with Crippen LogP contribution in [0.5, 0.6) is 0 Å². The van der Waals surface area contributed by atoms with Gasteiger partial charge in [-0.1, -0.05) is 18.2 Å². The quantitative estimate of drug-likeness (QED) is 0.908. The summed E-state index contributed by atoms with van der Waals surface area (Å²) < 4.78 is 0. The monoisotopic (exact) mass is 360 g/mol. The molecule has 0 radical (unpaired) electrons. The molecule has 136 valence electrons. The van der Waals surface area contributed by atoms with E-state index in [2.05, 4.69) is 52.4 Å². The fraction of sp³-hybridized carbons (Fsp3) is 0.550. The van der Waals surface area contributed by atoms with Gasteiger partial charge >= 0.3 is 0 Å². The lowest BCUT2D eigenvalue weighted by Gasteiger charge is -2.34. The molecule has 2 fully saturated rings. The number of anilines is 1. The second kappa shape index (κ2) is 8.35. The zero-order valence-electron chi connectivity index (χ0n) is 15.1. The minimum Gasteiger partial charge on any atom is -0.356 e. The Morgan fingerprint density at radius 3 is 2.72 bits per heavy atom. The molecule has 4 nitrogen and oxygen atoms in total. The second-order valence-corrected chi connectivity index (χ2v) is 7.30. The molecule has 0 saturated carbocycles. The normalized spacial score (nSPS) is 22.0.